The summed E-state index contributed by atoms with van der Waals surface area (Å²) < 4.78 is 22.8. The van der Waals surface area contributed by atoms with Crippen molar-refractivity contribution >= 4 is 5.91 Å². The Balaban J connectivity index is 1.32. The van der Waals surface area contributed by atoms with E-state index in [1.807, 2.05) is 0 Å². The van der Waals surface area contributed by atoms with E-state index in [-0.39, 0.29) is 31.3 Å². The first kappa shape index (κ1) is 18.6. The molecule has 0 radical (unpaired) electrons. The lowest BCUT2D eigenvalue weighted by Crippen LogP contribution is -2.39. The van der Waals surface area contributed by atoms with Crippen molar-refractivity contribution in [3.05, 3.63) is 59.1 Å². The number of carbonyl (C=O) groups is 1. The van der Waals surface area contributed by atoms with Crippen LogP contribution < -0.4 is 25.1 Å². The summed E-state index contributed by atoms with van der Waals surface area (Å²) in [6.45, 7) is 2.25. The Morgan fingerprint density at radius 3 is 2.93 bits per heavy atom. The van der Waals surface area contributed by atoms with E-state index in [9.17, 15) is 9.59 Å². The molecule has 29 heavy (non-hydrogen) atoms. The number of rotatable bonds is 7. The maximum atomic E-state index is 12.3. The summed E-state index contributed by atoms with van der Waals surface area (Å²) in [7, 11) is 0. The minimum absolute atomic E-state index is 0.170. The Hall–Kier alpha value is -3.75. The van der Waals surface area contributed by atoms with Crippen LogP contribution in [0.2, 0.25) is 0 Å². The number of fused-ring (bicyclic) bond motifs is 1. The number of benzene rings is 1. The van der Waals surface area contributed by atoms with Crippen LogP contribution in [0.1, 0.15) is 6.92 Å². The highest BCUT2D eigenvalue weighted by atomic mass is 16.7. The largest absolute Gasteiger partial charge is 0.481 e. The lowest BCUT2D eigenvalue weighted by atomic mass is 10.3. The molecule has 1 aliphatic rings. The summed E-state index contributed by atoms with van der Waals surface area (Å²) >= 11 is 0. The van der Waals surface area contributed by atoms with Gasteiger partial charge in [-0.15, -0.1) is 0 Å². The van der Waals surface area contributed by atoms with Gasteiger partial charge in [0.05, 0.1) is 12.8 Å². The van der Waals surface area contributed by atoms with Crippen LogP contribution in [-0.2, 0) is 11.3 Å². The van der Waals surface area contributed by atoms with Crippen molar-refractivity contribution in [1.29, 1.82) is 0 Å². The fourth-order valence-corrected chi connectivity index (χ4v) is 2.80. The van der Waals surface area contributed by atoms with Gasteiger partial charge >= 0.3 is 0 Å². The molecule has 0 spiro atoms. The second-order valence-electron chi connectivity index (χ2n) is 6.32. The third-order valence-electron chi connectivity index (χ3n) is 4.29. The number of hydrogen-bond donors (Lipinski definition) is 1. The molecule has 0 saturated carbocycles. The Labute approximate surface area is 165 Å². The van der Waals surface area contributed by atoms with Crippen LogP contribution in [0.4, 0.5) is 0 Å². The van der Waals surface area contributed by atoms with E-state index in [1.54, 1.807) is 43.3 Å². The van der Waals surface area contributed by atoms with Gasteiger partial charge in [0, 0.05) is 18.7 Å². The van der Waals surface area contributed by atoms with E-state index in [1.165, 1.54) is 17.0 Å². The first-order valence-electron chi connectivity index (χ1n) is 9.06. The molecule has 1 amide bonds. The fourth-order valence-electron chi connectivity index (χ4n) is 2.80. The van der Waals surface area contributed by atoms with Crippen LogP contribution in [-0.4, -0.2) is 35.1 Å². The van der Waals surface area contributed by atoms with Crippen molar-refractivity contribution < 1.29 is 23.4 Å². The average Bonchev–Trinajstić information content (AvgIpc) is 3.40. The standard InChI is InChI=1S/C20H19N3O6/c1-13(29-14-4-6-17-18(11-14)28-12-27-17)20(25)21-8-9-23-19(24)7-5-15(22-23)16-3-2-10-26-16/h2-7,10-11,13H,8-9,12H2,1H3,(H,21,25). The maximum Gasteiger partial charge on any atom is 0.266 e. The minimum Gasteiger partial charge on any atom is -0.481 e. The van der Waals surface area contributed by atoms with E-state index in [0.717, 1.165) is 0 Å². The zero-order valence-electron chi connectivity index (χ0n) is 15.7. The van der Waals surface area contributed by atoms with Gasteiger partial charge in [-0.05, 0) is 37.3 Å². The van der Waals surface area contributed by atoms with Gasteiger partial charge in [0.15, 0.2) is 23.4 Å². The highest BCUT2D eigenvalue weighted by Crippen LogP contribution is 2.35. The molecule has 1 N–H and O–H groups in total. The van der Waals surface area contributed by atoms with Crippen molar-refractivity contribution in [3.63, 3.8) is 0 Å². The van der Waals surface area contributed by atoms with Crippen LogP contribution in [0.3, 0.4) is 0 Å². The number of nitrogens with zero attached hydrogens (tertiary/aromatic N) is 2. The number of furan rings is 1. The summed E-state index contributed by atoms with van der Waals surface area (Å²) in [5.74, 6) is 1.98. The highest BCUT2D eigenvalue weighted by Gasteiger charge is 2.18. The molecule has 0 aliphatic carbocycles. The van der Waals surface area contributed by atoms with Crippen molar-refractivity contribution in [2.24, 2.45) is 0 Å². The van der Waals surface area contributed by atoms with Gasteiger partial charge in [0.1, 0.15) is 11.4 Å². The number of hydrogen-bond acceptors (Lipinski definition) is 7. The summed E-state index contributed by atoms with van der Waals surface area (Å²) in [4.78, 5) is 24.3. The lowest BCUT2D eigenvalue weighted by molar-refractivity contribution is -0.127. The first-order valence-corrected chi connectivity index (χ1v) is 9.06. The normalized spacial score (nSPS) is 13.1. The second kappa shape index (κ2) is 8.09. The Morgan fingerprint density at radius 2 is 2.10 bits per heavy atom. The van der Waals surface area contributed by atoms with Crippen LogP contribution in [0.25, 0.3) is 11.5 Å². The monoisotopic (exact) mass is 397 g/mol. The number of amides is 1. The molecule has 1 unspecified atom stereocenters. The molecular formula is C20H19N3O6. The van der Waals surface area contributed by atoms with E-state index in [4.69, 9.17) is 18.6 Å². The highest BCUT2D eigenvalue weighted by molar-refractivity contribution is 5.80. The number of nitrogens with one attached hydrogen (secondary N) is 1. The number of aromatic nitrogens is 2. The molecule has 0 bridgehead atoms. The topological polar surface area (TPSA) is 105 Å². The third-order valence-corrected chi connectivity index (χ3v) is 4.29. The molecule has 3 heterocycles. The molecule has 2 aromatic heterocycles. The van der Waals surface area contributed by atoms with Crippen molar-refractivity contribution in [2.75, 3.05) is 13.3 Å². The van der Waals surface area contributed by atoms with Gasteiger partial charge < -0.3 is 23.9 Å². The molecule has 1 atom stereocenters. The van der Waals surface area contributed by atoms with Gasteiger partial charge in [-0.1, -0.05) is 0 Å². The molecule has 1 aliphatic heterocycles. The molecule has 0 fully saturated rings. The molecule has 3 aromatic rings. The van der Waals surface area contributed by atoms with E-state index >= 15 is 0 Å². The van der Waals surface area contributed by atoms with E-state index in [2.05, 4.69) is 10.4 Å². The van der Waals surface area contributed by atoms with Gasteiger partial charge in [-0.3, -0.25) is 9.59 Å². The average molecular weight is 397 g/mol. The lowest BCUT2D eigenvalue weighted by Gasteiger charge is -2.15. The Bertz CT molecular complexity index is 1060. The molecule has 0 saturated heterocycles. The van der Waals surface area contributed by atoms with Crippen molar-refractivity contribution in [3.8, 4) is 28.7 Å². The van der Waals surface area contributed by atoms with Crippen LogP contribution in [0, 0.1) is 0 Å². The Morgan fingerprint density at radius 1 is 1.24 bits per heavy atom. The van der Waals surface area contributed by atoms with Gasteiger partial charge in [0.2, 0.25) is 6.79 Å². The SMILES string of the molecule is CC(Oc1ccc2c(c1)OCO2)C(=O)NCCn1nc(-c2ccco2)ccc1=O. The zero-order chi connectivity index (χ0) is 20.2. The van der Waals surface area contributed by atoms with E-state index in [0.29, 0.717) is 28.7 Å². The molecule has 4 rings (SSSR count). The van der Waals surface area contributed by atoms with Crippen LogP contribution in [0.15, 0.2) is 57.9 Å². The predicted octanol–water partition coefficient (Wildman–Crippen LogP) is 1.82. The summed E-state index contributed by atoms with van der Waals surface area (Å²) in [6.07, 6.45) is 0.809. The zero-order valence-corrected chi connectivity index (χ0v) is 15.7. The first-order chi connectivity index (χ1) is 14.1. The van der Waals surface area contributed by atoms with E-state index < -0.39 is 6.10 Å². The minimum atomic E-state index is -0.727. The van der Waals surface area contributed by atoms with Gasteiger partial charge in [-0.25, -0.2) is 4.68 Å². The fraction of sp³-hybridized carbons (Fsp3) is 0.250. The summed E-state index contributed by atoms with van der Waals surface area (Å²) in [6, 6.07) is 11.6. The molecule has 150 valence electrons. The summed E-state index contributed by atoms with van der Waals surface area (Å²) in [5.41, 5.74) is 0.277. The summed E-state index contributed by atoms with van der Waals surface area (Å²) in [5, 5.41) is 7.00. The second-order valence-corrected chi connectivity index (χ2v) is 6.32. The number of ether oxygens (including phenoxy) is 3. The van der Waals surface area contributed by atoms with Gasteiger partial charge in [0.25, 0.3) is 11.5 Å². The Kier molecular flexibility index (Phi) is 5.19. The molecule has 9 heteroatoms. The third kappa shape index (κ3) is 4.23. The van der Waals surface area contributed by atoms with Crippen LogP contribution in [0.5, 0.6) is 17.2 Å². The van der Waals surface area contributed by atoms with Crippen molar-refractivity contribution in [2.45, 2.75) is 19.6 Å². The molecular weight excluding hydrogens is 378 g/mol. The maximum absolute atomic E-state index is 12.3. The number of carbonyl (C=O) groups excluding carboxylic acids is 1. The van der Waals surface area contributed by atoms with Gasteiger partial charge in [-0.2, -0.15) is 5.10 Å². The van der Waals surface area contributed by atoms with Crippen LogP contribution >= 0.6 is 0 Å². The molecule has 9 nitrogen and oxygen atoms in total. The predicted molar refractivity (Wildman–Crippen MR) is 102 cm³/mol. The molecule has 1 aromatic carbocycles. The quantitative estimate of drug-likeness (QED) is 0.648. The van der Waals surface area contributed by atoms with Crippen molar-refractivity contribution in [1.82, 2.24) is 15.1 Å². The smallest absolute Gasteiger partial charge is 0.266 e.